The number of nitrogens with one attached hydrogen (secondary N) is 1. The molecule has 17 heavy (non-hydrogen) atoms. The molecule has 0 saturated carbocycles. The van der Waals surface area contributed by atoms with Gasteiger partial charge in [-0.15, -0.1) is 0 Å². The van der Waals surface area contributed by atoms with Gasteiger partial charge in [0.15, 0.2) is 5.82 Å². The van der Waals surface area contributed by atoms with E-state index in [1.807, 2.05) is 0 Å². The van der Waals surface area contributed by atoms with E-state index in [-0.39, 0.29) is 16.9 Å². The molecule has 88 valence electrons. The van der Waals surface area contributed by atoms with Crippen LogP contribution in [-0.2, 0) is 0 Å². The lowest BCUT2D eigenvalue weighted by Crippen LogP contribution is -1.97. The van der Waals surface area contributed by atoms with E-state index in [9.17, 15) is 18.9 Å². The number of nitrogens with zero attached hydrogens (tertiary/aromatic N) is 2. The predicted molar refractivity (Wildman–Crippen MR) is 55.0 cm³/mol. The molecule has 1 aromatic carbocycles. The first-order chi connectivity index (χ1) is 8.00. The molecule has 8 heteroatoms. The monoisotopic (exact) mass is 240 g/mol. The Morgan fingerprint density at radius 1 is 1.41 bits per heavy atom. The number of aromatic amines is 1. The van der Waals surface area contributed by atoms with Crippen LogP contribution in [0.25, 0.3) is 11.1 Å². The molecule has 0 unspecified atom stereocenters. The zero-order valence-electron chi connectivity index (χ0n) is 8.28. The summed E-state index contributed by atoms with van der Waals surface area (Å²) in [6.07, 6.45) is 1.27. The summed E-state index contributed by atoms with van der Waals surface area (Å²) in [7, 11) is 0. The number of halogens is 2. The molecule has 0 fully saturated rings. The average molecular weight is 240 g/mol. The minimum Gasteiger partial charge on any atom is -0.384 e. The lowest BCUT2D eigenvalue weighted by Gasteiger charge is -2.01. The van der Waals surface area contributed by atoms with Crippen LogP contribution in [-0.4, -0.2) is 15.1 Å². The Morgan fingerprint density at radius 3 is 2.65 bits per heavy atom. The topological polar surface area (TPSA) is 97.8 Å². The molecular formula is C9H6F2N4O2. The highest BCUT2D eigenvalue weighted by Crippen LogP contribution is 2.30. The van der Waals surface area contributed by atoms with Gasteiger partial charge in [0.2, 0.25) is 5.82 Å². The van der Waals surface area contributed by atoms with Crippen molar-refractivity contribution in [3.8, 4) is 11.1 Å². The molecule has 0 radical (unpaired) electrons. The summed E-state index contributed by atoms with van der Waals surface area (Å²) in [5, 5.41) is 16.5. The standard InChI is InChI=1S/C9H6F2N4O2/c10-6-1-4(5-3-13-14-9(5)12)2-7(8(6)11)15(16)17/h1-3H,(H3,12,13,14). The van der Waals surface area contributed by atoms with Gasteiger partial charge in [0.25, 0.3) is 0 Å². The summed E-state index contributed by atoms with van der Waals surface area (Å²) in [5.74, 6) is -2.69. The number of hydrogen-bond donors (Lipinski definition) is 2. The van der Waals surface area contributed by atoms with Crippen LogP contribution in [0, 0.1) is 21.7 Å². The highest BCUT2D eigenvalue weighted by Gasteiger charge is 2.21. The van der Waals surface area contributed by atoms with Crippen LogP contribution in [0.5, 0.6) is 0 Å². The smallest absolute Gasteiger partial charge is 0.308 e. The summed E-state index contributed by atoms with van der Waals surface area (Å²) in [4.78, 5) is 9.52. The van der Waals surface area contributed by atoms with Crippen LogP contribution < -0.4 is 5.73 Å². The molecule has 6 nitrogen and oxygen atoms in total. The molecular weight excluding hydrogens is 234 g/mol. The van der Waals surface area contributed by atoms with Crippen LogP contribution in [0.1, 0.15) is 0 Å². The fraction of sp³-hybridized carbons (Fsp3) is 0. The summed E-state index contributed by atoms with van der Waals surface area (Å²) in [6.45, 7) is 0. The van der Waals surface area contributed by atoms with Gasteiger partial charge >= 0.3 is 5.69 Å². The van der Waals surface area contributed by atoms with E-state index in [4.69, 9.17) is 5.73 Å². The van der Waals surface area contributed by atoms with E-state index in [0.29, 0.717) is 0 Å². The third kappa shape index (κ3) is 1.80. The molecule has 0 saturated heterocycles. The second kappa shape index (κ2) is 3.81. The highest BCUT2D eigenvalue weighted by atomic mass is 19.2. The molecule has 0 atom stereocenters. The van der Waals surface area contributed by atoms with Gasteiger partial charge in [-0.05, 0) is 11.6 Å². The van der Waals surface area contributed by atoms with Gasteiger partial charge in [-0.1, -0.05) is 0 Å². The maximum Gasteiger partial charge on any atom is 0.308 e. The molecule has 3 N–H and O–H groups in total. The second-order valence-electron chi connectivity index (χ2n) is 3.25. The van der Waals surface area contributed by atoms with Gasteiger partial charge in [-0.2, -0.15) is 9.49 Å². The number of hydrogen-bond acceptors (Lipinski definition) is 4. The van der Waals surface area contributed by atoms with Crippen LogP contribution in [0.4, 0.5) is 20.3 Å². The third-order valence-electron chi connectivity index (χ3n) is 2.19. The summed E-state index contributed by atoms with van der Waals surface area (Å²) in [5.41, 5.74) is 4.89. The Morgan fingerprint density at radius 2 is 2.12 bits per heavy atom. The average Bonchev–Trinajstić information content (AvgIpc) is 2.68. The fourth-order valence-electron chi connectivity index (χ4n) is 1.39. The Kier molecular flexibility index (Phi) is 2.47. The van der Waals surface area contributed by atoms with Crippen LogP contribution >= 0.6 is 0 Å². The number of aromatic nitrogens is 2. The lowest BCUT2D eigenvalue weighted by molar-refractivity contribution is -0.387. The molecule has 0 amide bonds. The summed E-state index contributed by atoms with van der Waals surface area (Å²) in [6, 6.07) is 1.73. The van der Waals surface area contributed by atoms with Crippen molar-refractivity contribution in [2.75, 3.05) is 5.73 Å². The number of anilines is 1. The van der Waals surface area contributed by atoms with Crippen LogP contribution in [0.15, 0.2) is 18.3 Å². The number of nitro groups is 1. The zero-order chi connectivity index (χ0) is 12.6. The number of benzene rings is 1. The van der Waals surface area contributed by atoms with Gasteiger partial charge < -0.3 is 5.73 Å². The number of nitrogen functional groups attached to an aromatic ring is 1. The van der Waals surface area contributed by atoms with Crippen molar-refractivity contribution >= 4 is 11.5 Å². The van der Waals surface area contributed by atoms with Crippen molar-refractivity contribution in [2.45, 2.75) is 0 Å². The molecule has 1 aromatic heterocycles. The van der Waals surface area contributed by atoms with E-state index < -0.39 is 22.2 Å². The number of rotatable bonds is 2. The van der Waals surface area contributed by atoms with Crippen LogP contribution in [0.3, 0.4) is 0 Å². The van der Waals surface area contributed by atoms with Crippen molar-refractivity contribution < 1.29 is 13.7 Å². The van der Waals surface area contributed by atoms with Crippen LogP contribution in [0.2, 0.25) is 0 Å². The van der Waals surface area contributed by atoms with E-state index in [0.717, 1.165) is 12.1 Å². The Balaban J connectivity index is 2.65. The van der Waals surface area contributed by atoms with Gasteiger partial charge in [-0.25, -0.2) is 4.39 Å². The largest absolute Gasteiger partial charge is 0.384 e. The minimum atomic E-state index is -1.50. The van der Waals surface area contributed by atoms with Crippen molar-refractivity contribution in [1.29, 1.82) is 0 Å². The number of nitrogens with two attached hydrogens (primary N) is 1. The zero-order valence-corrected chi connectivity index (χ0v) is 8.28. The maximum atomic E-state index is 13.2. The van der Waals surface area contributed by atoms with E-state index in [1.54, 1.807) is 0 Å². The van der Waals surface area contributed by atoms with Crippen molar-refractivity contribution in [3.63, 3.8) is 0 Å². The fourth-order valence-corrected chi connectivity index (χ4v) is 1.39. The van der Waals surface area contributed by atoms with Crippen molar-refractivity contribution in [2.24, 2.45) is 0 Å². The minimum absolute atomic E-state index is 0.0850. The SMILES string of the molecule is Nc1[nH]ncc1-c1cc(F)c(F)c([N+](=O)[O-])c1. The molecule has 2 aromatic rings. The molecule has 0 spiro atoms. The quantitative estimate of drug-likeness (QED) is 0.618. The first-order valence-corrected chi connectivity index (χ1v) is 4.43. The molecule has 0 aliphatic rings. The molecule has 2 rings (SSSR count). The highest BCUT2D eigenvalue weighted by molar-refractivity contribution is 5.74. The maximum absolute atomic E-state index is 13.2. The van der Waals surface area contributed by atoms with Crippen molar-refractivity contribution in [3.05, 3.63) is 40.1 Å². The Labute approximate surface area is 93.2 Å². The van der Waals surface area contributed by atoms with Crippen molar-refractivity contribution in [1.82, 2.24) is 10.2 Å². The van der Waals surface area contributed by atoms with Gasteiger partial charge in [-0.3, -0.25) is 15.2 Å². The number of nitro benzene ring substituents is 1. The summed E-state index contributed by atoms with van der Waals surface area (Å²) < 4.78 is 26.3. The van der Waals surface area contributed by atoms with E-state index in [1.165, 1.54) is 6.20 Å². The second-order valence-corrected chi connectivity index (χ2v) is 3.25. The predicted octanol–water partition coefficient (Wildman–Crippen LogP) is 1.85. The van der Waals surface area contributed by atoms with E-state index >= 15 is 0 Å². The number of H-pyrrole nitrogens is 1. The van der Waals surface area contributed by atoms with E-state index in [2.05, 4.69) is 10.2 Å². The first kappa shape index (κ1) is 11.0. The Bertz CT molecular complexity index is 597. The Hall–Kier alpha value is -2.51. The molecule has 0 bridgehead atoms. The normalized spacial score (nSPS) is 10.5. The molecule has 0 aliphatic carbocycles. The molecule has 1 heterocycles. The molecule has 0 aliphatic heterocycles. The van der Waals surface area contributed by atoms with Gasteiger partial charge in [0.05, 0.1) is 11.1 Å². The first-order valence-electron chi connectivity index (χ1n) is 4.43. The third-order valence-corrected chi connectivity index (χ3v) is 2.19. The summed E-state index contributed by atoms with van der Waals surface area (Å²) >= 11 is 0. The van der Waals surface area contributed by atoms with Gasteiger partial charge in [0.1, 0.15) is 5.82 Å². The van der Waals surface area contributed by atoms with Gasteiger partial charge in [0, 0.05) is 11.6 Å². The lowest BCUT2D eigenvalue weighted by atomic mass is 10.1.